The van der Waals surface area contributed by atoms with E-state index in [-0.39, 0.29) is 21.1 Å². The molecule has 0 bridgehead atoms. The van der Waals surface area contributed by atoms with Gasteiger partial charge in [-0.2, -0.15) is 13.2 Å². The molecule has 0 unspecified atom stereocenters. The van der Waals surface area contributed by atoms with Gasteiger partial charge in [0.25, 0.3) is 17.7 Å². The van der Waals surface area contributed by atoms with Gasteiger partial charge in [-0.25, -0.2) is 18.7 Å². The van der Waals surface area contributed by atoms with E-state index in [1.54, 1.807) is 0 Å². The maximum atomic E-state index is 14.2. The number of hydrogen-bond donors (Lipinski definition) is 3. The minimum absolute atomic E-state index is 0.0474. The molecule has 3 N–H and O–H groups in total. The molecule has 8 nitrogen and oxygen atoms in total. The number of nitrogens with one attached hydrogen (secondary N) is 2. The van der Waals surface area contributed by atoms with Gasteiger partial charge in [0.1, 0.15) is 11.5 Å². The Kier molecular flexibility index (Phi) is 8.34. The average Bonchev–Trinajstić information content (AvgIpc) is 3.36. The van der Waals surface area contributed by atoms with Crippen LogP contribution < -0.4 is 10.6 Å². The van der Waals surface area contributed by atoms with E-state index in [4.69, 9.17) is 0 Å². The summed E-state index contributed by atoms with van der Waals surface area (Å²) in [5.41, 5.74) is -3.55. The minimum atomic E-state index is -4.88. The van der Waals surface area contributed by atoms with Crippen molar-refractivity contribution in [2.75, 3.05) is 25.0 Å². The van der Waals surface area contributed by atoms with Gasteiger partial charge in [-0.1, -0.05) is 20.8 Å². The first kappa shape index (κ1) is 30.7. The number of anilines is 1. The van der Waals surface area contributed by atoms with Crippen molar-refractivity contribution in [1.82, 2.24) is 20.2 Å². The molecule has 2 aromatic rings. The van der Waals surface area contributed by atoms with E-state index in [0.29, 0.717) is 17.9 Å². The molecule has 1 aliphatic rings. The number of likely N-dealkylation sites (tertiary alicyclic amines) is 1. The predicted molar refractivity (Wildman–Crippen MR) is 137 cm³/mol. The van der Waals surface area contributed by atoms with Gasteiger partial charge in [0.15, 0.2) is 5.01 Å². The highest BCUT2D eigenvalue weighted by Crippen LogP contribution is 2.42. The van der Waals surface area contributed by atoms with E-state index in [2.05, 4.69) is 20.6 Å². The quantitative estimate of drug-likeness (QED) is 0.398. The number of aromatic nitrogens is 2. The maximum absolute atomic E-state index is 14.2. The molecule has 2 aromatic heterocycles. The van der Waals surface area contributed by atoms with Crippen LogP contribution in [0.15, 0.2) is 12.3 Å². The van der Waals surface area contributed by atoms with Gasteiger partial charge in [0.05, 0.1) is 29.1 Å². The number of hydrogen-bond acceptors (Lipinski definition) is 7. The van der Waals surface area contributed by atoms with E-state index in [1.165, 1.54) is 20.8 Å². The van der Waals surface area contributed by atoms with Gasteiger partial charge >= 0.3 is 6.18 Å². The van der Waals surface area contributed by atoms with Gasteiger partial charge in [0, 0.05) is 30.8 Å². The summed E-state index contributed by atoms with van der Waals surface area (Å²) in [5, 5.41) is 14.5. The van der Waals surface area contributed by atoms with Crippen molar-refractivity contribution < 1.29 is 36.6 Å². The number of carbonyl (C=O) groups is 2. The number of alkyl halides is 5. The monoisotopic (exact) mass is 577 g/mol. The van der Waals surface area contributed by atoms with Crippen LogP contribution in [0, 0.1) is 5.41 Å². The smallest absolute Gasteiger partial charge is 0.394 e. The van der Waals surface area contributed by atoms with Crippen LogP contribution in [0.3, 0.4) is 0 Å². The second kappa shape index (κ2) is 10.6. The van der Waals surface area contributed by atoms with E-state index >= 15 is 0 Å². The highest BCUT2D eigenvalue weighted by Gasteiger charge is 2.46. The summed E-state index contributed by atoms with van der Waals surface area (Å²) in [6, 6.07) is -0.104. The van der Waals surface area contributed by atoms with Crippen molar-refractivity contribution in [2.24, 2.45) is 5.41 Å². The fraction of sp³-hybridized carbons (Fsp3) is 0.600. The molecule has 2 amide bonds. The van der Waals surface area contributed by atoms with Crippen LogP contribution in [0.5, 0.6) is 0 Å². The number of nitrogens with zero attached hydrogens (tertiary/aromatic N) is 3. The van der Waals surface area contributed by atoms with E-state index in [9.17, 15) is 36.6 Å². The van der Waals surface area contributed by atoms with Crippen molar-refractivity contribution in [2.45, 2.75) is 71.6 Å². The summed E-state index contributed by atoms with van der Waals surface area (Å²) in [7, 11) is 0. The summed E-state index contributed by atoms with van der Waals surface area (Å²) in [4.78, 5) is 34.9. The molecule has 0 spiro atoms. The molecule has 1 aliphatic heterocycles. The lowest BCUT2D eigenvalue weighted by Gasteiger charge is -2.22. The molecule has 3 heterocycles. The van der Waals surface area contributed by atoms with Gasteiger partial charge in [0.2, 0.25) is 0 Å². The lowest BCUT2D eigenvalue weighted by Crippen LogP contribution is -2.46. The van der Waals surface area contributed by atoms with Crippen molar-refractivity contribution >= 4 is 29.0 Å². The van der Waals surface area contributed by atoms with Crippen LogP contribution in [-0.4, -0.2) is 69.0 Å². The third-order valence-electron chi connectivity index (χ3n) is 5.91. The molecule has 1 fully saturated rings. The lowest BCUT2D eigenvalue weighted by molar-refractivity contribution is -0.137. The first-order valence-electron chi connectivity index (χ1n) is 12.2. The number of pyridine rings is 1. The minimum Gasteiger partial charge on any atom is -0.394 e. The Balaban J connectivity index is 2.15. The van der Waals surface area contributed by atoms with Crippen LogP contribution >= 0.6 is 11.3 Å². The van der Waals surface area contributed by atoms with Crippen LogP contribution in [0.2, 0.25) is 0 Å². The first-order valence-corrected chi connectivity index (χ1v) is 13.0. The SMILES string of the molecule is C[C@H]1CC(F)(F)CN1C(=O)c1nc(C(=O)NC(C)(C)CO)sc1-c1cnc(NCC(C)(C)C)cc1C(F)(F)F. The number of aliphatic hydroxyl groups excluding tert-OH is 1. The zero-order chi connectivity index (χ0) is 29.6. The molecule has 14 heteroatoms. The predicted octanol–water partition coefficient (Wildman–Crippen LogP) is 5.05. The molecule has 216 valence electrons. The molecule has 0 aromatic carbocycles. The molecule has 0 aliphatic carbocycles. The Labute approximate surface area is 227 Å². The molecular weight excluding hydrogens is 545 g/mol. The Morgan fingerprint density at radius 1 is 1.21 bits per heavy atom. The summed E-state index contributed by atoms with van der Waals surface area (Å²) < 4.78 is 70.9. The zero-order valence-corrected chi connectivity index (χ0v) is 23.3. The topological polar surface area (TPSA) is 107 Å². The van der Waals surface area contributed by atoms with Gasteiger partial charge < -0.3 is 20.6 Å². The van der Waals surface area contributed by atoms with Gasteiger partial charge in [-0.05, 0) is 32.3 Å². The summed E-state index contributed by atoms with van der Waals surface area (Å²) in [6.45, 7) is 9.04. The molecular formula is C25H32F5N5O3S. The van der Waals surface area contributed by atoms with Crippen molar-refractivity contribution in [3.8, 4) is 10.4 Å². The van der Waals surface area contributed by atoms with Crippen LogP contribution in [0.25, 0.3) is 10.4 Å². The Hall–Kier alpha value is -2.87. The summed E-state index contributed by atoms with van der Waals surface area (Å²) in [5.74, 6) is -5.08. The van der Waals surface area contributed by atoms with Crippen molar-refractivity contribution in [3.05, 3.63) is 28.5 Å². The molecule has 1 atom stereocenters. The number of halogens is 5. The highest BCUT2D eigenvalue weighted by molar-refractivity contribution is 7.17. The largest absolute Gasteiger partial charge is 0.417 e. The van der Waals surface area contributed by atoms with Crippen molar-refractivity contribution in [1.29, 1.82) is 0 Å². The highest BCUT2D eigenvalue weighted by atomic mass is 32.1. The second-order valence-electron chi connectivity index (χ2n) is 11.6. The zero-order valence-electron chi connectivity index (χ0n) is 22.5. The third-order valence-corrected chi connectivity index (χ3v) is 7.00. The third kappa shape index (κ3) is 7.41. The number of amides is 2. The Morgan fingerprint density at radius 3 is 2.36 bits per heavy atom. The summed E-state index contributed by atoms with van der Waals surface area (Å²) >= 11 is 0.514. The van der Waals surface area contributed by atoms with Crippen molar-refractivity contribution in [3.63, 3.8) is 0 Å². The Morgan fingerprint density at radius 2 is 1.85 bits per heavy atom. The molecule has 0 saturated carbocycles. The summed E-state index contributed by atoms with van der Waals surface area (Å²) in [6.07, 6.45) is -4.56. The van der Waals surface area contributed by atoms with Gasteiger partial charge in [-0.15, -0.1) is 11.3 Å². The second-order valence-corrected chi connectivity index (χ2v) is 12.6. The average molecular weight is 578 g/mol. The number of thiazole rings is 1. The van der Waals surface area contributed by atoms with Crippen LogP contribution in [0.4, 0.5) is 27.8 Å². The maximum Gasteiger partial charge on any atom is 0.417 e. The molecule has 1 saturated heterocycles. The number of carbonyl (C=O) groups excluding carboxylic acids is 2. The van der Waals surface area contributed by atoms with Crippen LogP contribution in [-0.2, 0) is 6.18 Å². The lowest BCUT2D eigenvalue weighted by atomic mass is 9.97. The Bertz CT molecular complexity index is 1240. The normalized spacial score (nSPS) is 17.8. The fourth-order valence-electron chi connectivity index (χ4n) is 3.89. The van der Waals surface area contributed by atoms with E-state index in [1.807, 2.05) is 20.8 Å². The molecule has 39 heavy (non-hydrogen) atoms. The molecule has 0 radical (unpaired) electrons. The molecule has 3 rings (SSSR count). The standard InChI is InChI=1S/C25H32F5N5O3S/c1-13-8-24(26,27)11-35(13)21(38)17-18(39-20(33-17)19(37)34-23(5,6)12-36)14-9-31-16(32-10-22(2,3)4)7-15(14)25(28,29)30/h7,9,13,36H,8,10-12H2,1-6H3,(H,31,32)(H,34,37)/t13-/m0/s1. The van der Waals surface area contributed by atoms with Gasteiger partial charge in [-0.3, -0.25) is 9.59 Å². The van der Waals surface area contributed by atoms with E-state index in [0.717, 1.165) is 17.2 Å². The van der Waals surface area contributed by atoms with E-state index < -0.39 is 71.9 Å². The number of rotatable bonds is 7. The number of aliphatic hydroxyl groups is 1. The van der Waals surface area contributed by atoms with Crippen LogP contribution in [0.1, 0.15) is 73.8 Å². The fourth-order valence-corrected chi connectivity index (χ4v) is 4.86. The first-order chi connectivity index (χ1) is 17.7.